The Hall–Kier alpha value is 0.140. The average Bonchev–Trinajstić information content (AvgIpc) is 2.96. The molecule has 18 heavy (non-hydrogen) atoms. The molecule has 1 heterocycles. The lowest BCUT2D eigenvalue weighted by atomic mass is 9.97. The predicted molar refractivity (Wildman–Crippen MR) is 84.4 cm³/mol. The molecule has 1 N–H and O–H groups in total. The second-order valence-electron chi connectivity index (χ2n) is 5.44. The van der Waals surface area contributed by atoms with Crippen LogP contribution in [-0.2, 0) is 0 Å². The highest BCUT2D eigenvalue weighted by atomic mass is 79.9. The second-order valence-corrected chi connectivity index (χ2v) is 7.85. The summed E-state index contributed by atoms with van der Waals surface area (Å²) in [6.07, 6.45) is 8.54. The van der Waals surface area contributed by atoms with E-state index in [1.807, 2.05) is 11.3 Å². The van der Waals surface area contributed by atoms with E-state index in [1.165, 1.54) is 52.8 Å². The number of aryl methyl sites for hydroxylation is 1. The predicted octanol–water partition coefficient (Wildman–Crippen LogP) is 5.44. The van der Waals surface area contributed by atoms with Gasteiger partial charge in [0.1, 0.15) is 0 Å². The van der Waals surface area contributed by atoms with Crippen molar-refractivity contribution in [2.24, 2.45) is 5.92 Å². The number of hydrogen-bond donors (Lipinski definition) is 1. The van der Waals surface area contributed by atoms with Crippen LogP contribution in [0.15, 0.2) is 9.85 Å². The molecule has 0 bridgehead atoms. The summed E-state index contributed by atoms with van der Waals surface area (Å²) < 4.78 is 1.29. The van der Waals surface area contributed by atoms with Crippen LogP contribution in [0.25, 0.3) is 0 Å². The molecule has 1 aromatic rings. The van der Waals surface area contributed by atoms with Gasteiger partial charge in [-0.05, 0) is 59.8 Å². The number of halogens is 1. The molecule has 1 saturated carbocycles. The molecule has 1 atom stereocenters. The van der Waals surface area contributed by atoms with E-state index in [0.717, 1.165) is 12.5 Å². The maximum atomic E-state index is 3.65. The molecule has 3 heteroatoms. The van der Waals surface area contributed by atoms with Crippen LogP contribution in [0.3, 0.4) is 0 Å². The monoisotopic (exact) mass is 329 g/mol. The average molecular weight is 330 g/mol. The number of hydrogen-bond acceptors (Lipinski definition) is 2. The van der Waals surface area contributed by atoms with E-state index < -0.39 is 0 Å². The van der Waals surface area contributed by atoms with Gasteiger partial charge in [0.15, 0.2) is 0 Å². The molecule has 1 aliphatic carbocycles. The molecule has 1 aliphatic rings. The highest BCUT2D eigenvalue weighted by Gasteiger charge is 2.19. The highest BCUT2D eigenvalue weighted by Crippen LogP contribution is 2.36. The SMILES string of the molecule is CCNC(CCC1CCCC1)c1cc(C)c(Br)s1. The lowest BCUT2D eigenvalue weighted by Crippen LogP contribution is -2.20. The summed E-state index contributed by atoms with van der Waals surface area (Å²) in [5, 5.41) is 3.65. The Morgan fingerprint density at radius 1 is 1.44 bits per heavy atom. The van der Waals surface area contributed by atoms with Crippen LogP contribution in [0.2, 0.25) is 0 Å². The van der Waals surface area contributed by atoms with E-state index in [0.29, 0.717) is 6.04 Å². The number of nitrogens with one attached hydrogen (secondary N) is 1. The summed E-state index contributed by atoms with van der Waals surface area (Å²) in [5.74, 6) is 0.996. The van der Waals surface area contributed by atoms with Crippen molar-refractivity contribution in [2.75, 3.05) is 6.54 Å². The van der Waals surface area contributed by atoms with Gasteiger partial charge >= 0.3 is 0 Å². The lowest BCUT2D eigenvalue weighted by molar-refractivity contribution is 0.420. The molecular formula is C15H24BrNS. The number of rotatable bonds is 6. The fraction of sp³-hybridized carbons (Fsp3) is 0.733. The third-order valence-electron chi connectivity index (χ3n) is 4.01. The van der Waals surface area contributed by atoms with E-state index in [9.17, 15) is 0 Å². The first kappa shape index (κ1) is 14.5. The maximum absolute atomic E-state index is 3.65. The van der Waals surface area contributed by atoms with E-state index in [4.69, 9.17) is 0 Å². The molecule has 1 aromatic heterocycles. The van der Waals surface area contributed by atoms with Crippen LogP contribution in [0.1, 0.15) is 61.9 Å². The molecule has 0 aliphatic heterocycles. The molecule has 2 rings (SSSR count). The van der Waals surface area contributed by atoms with Gasteiger partial charge in [0, 0.05) is 10.9 Å². The van der Waals surface area contributed by atoms with Crippen molar-refractivity contribution in [2.45, 2.75) is 58.4 Å². The Bertz CT molecular complexity index is 349. The summed E-state index contributed by atoms with van der Waals surface area (Å²) in [6, 6.07) is 2.90. The van der Waals surface area contributed by atoms with E-state index in [2.05, 4.69) is 41.2 Å². The fourth-order valence-electron chi connectivity index (χ4n) is 2.95. The molecule has 0 amide bonds. The lowest BCUT2D eigenvalue weighted by Gasteiger charge is -2.18. The molecule has 1 nitrogen and oxygen atoms in total. The van der Waals surface area contributed by atoms with Gasteiger partial charge in [-0.25, -0.2) is 0 Å². The maximum Gasteiger partial charge on any atom is 0.0731 e. The smallest absolute Gasteiger partial charge is 0.0731 e. The zero-order chi connectivity index (χ0) is 13.0. The van der Waals surface area contributed by atoms with Crippen molar-refractivity contribution in [1.82, 2.24) is 5.32 Å². The zero-order valence-corrected chi connectivity index (χ0v) is 13.9. The summed E-state index contributed by atoms with van der Waals surface area (Å²) in [6.45, 7) is 5.45. The van der Waals surface area contributed by atoms with Crippen LogP contribution >= 0.6 is 27.3 Å². The summed E-state index contributed by atoms with van der Waals surface area (Å²) in [7, 11) is 0. The first-order chi connectivity index (χ1) is 8.70. The normalized spacial score (nSPS) is 18.4. The van der Waals surface area contributed by atoms with E-state index >= 15 is 0 Å². The molecule has 1 fully saturated rings. The second kappa shape index (κ2) is 7.06. The van der Waals surface area contributed by atoms with Gasteiger partial charge in [-0.2, -0.15) is 0 Å². The minimum Gasteiger partial charge on any atom is -0.310 e. The van der Waals surface area contributed by atoms with Crippen molar-refractivity contribution >= 4 is 27.3 Å². The Morgan fingerprint density at radius 3 is 2.72 bits per heavy atom. The highest BCUT2D eigenvalue weighted by molar-refractivity contribution is 9.11. The Kier molecular flexibility index (Phi) is 5.71. The topological polar surface area (TPSA) is 12.0 Å². The molecule has 0 spiro atoms. The largest absolute Gasteiger partial charge is 0.310 e. The van der Waals surface area contributed by atoms with Crippen LogP contribution in [0, 0.1) is 12.8 Å². The quantitative estimate of drug-likeness (QED) is 0.732. The summed E-state index contributed by atoms with van der Waals surface area (Å²) in [4.78, 5) is 1.50. The summed E-state index contributed by atoms with van der Waals surface area (Å²) in [5.41, 5.74) is 1.37. The third-order valence-corrected chi connectivity index (χ3v) is 6.26. The van der Waals surface area contributed by atoms with Crippen molar-refractivity contribution in [1.29, 1.82) is 0 Å². The van der Waals surface area contributed by atoms with Crippen LogP contribution in [0.5, 0.6) is 0 Å². The van der Waals surface area contributed by atoms with Crippen LogP contribution in [-0.4, -0.2) is 6.54 Å². The van der Waals surface area contributed by atoms with Gasteiger partial charge in [-0.3, -0.25) is 0 Å². The Labute approximate surface area is 123 Å². The standard InChI is InChI=1S/C15H24BrNS/c1-3-17-13(9-8-12-6-4-5-7-12)14-10-11(2)15(16)18-14/h10,12-13,17H,3-9H2,1-2H3. The number of thiophene rings is 1. The van der Waals surface area contributed by atoms with Crippen molar-refractivity contribution in [3.05, 3.63) is 20.3 Å². The van der Waals surface area contributed by atoms with Gasteiger partial charge in [0.25, 0.3) is 0 Å². The third kappa shape index (κ3) is 3.82. The molecule has 0 saturated heterocycles. The Balaban J connectivity index is 1.94. The molecule has 0 radical (unpaired) electrons. The van der Waals surface area contributed by atoms with Gasteiger partial charge in [-0.15, -0.1) is 11.3 Å². The van der Waals surface area contributed by atoms with Gasteiger partial charge in [-0.1, -0.05) is 32.6 Å². The zero-order valence-electron chi connectivity index (χ0n) is 11.5. The molecule has 0 aromatic carbocycles. The fourth-order valence-corrected chi connectivity index (χ4v) is 4.63. The van der Waals surface area contributed by atoms with Crippen LogP contribution < -0.4 is 5.32 Å². The van der Waals surface area contributed by atoms with Gasteiger partial charge < -0.3 is 5.32 Å². The first-order valence-corrected chi connectivity index (χ1v) is 8.81. The first-order valence-electron chi connectivity index (χ1n) is 7.20. The van der Waals surface area contributed by atoms with E-state index in [1.54, 1.807) is 0 Å². The van der Waals surface area contributed by atoms with Gasteiger partial charge in [0.2, 0.25) is 0 Å². The van der Waals surface area contributed by atoms with Crippen molar-refractivity contribution < 1.29 is 0 Å². The molecule has 102 valence electrons. The molecule has 1 unspecified atom stereocenters. The van der Waals surface area contributed by atoms with Crippen LogP contribution in [0.4, 0.5) is 0 Å². The van der Waals surface area contributed by atoms with Gasteiger partial charge in [0.05, 0.1) is 3.79 Å². The van der Waals surface area contributed by atoms with E-state index in [-0.39, 0.29) is 0 Å². The van der Waals surface area contributed by atoms with Crippen molar-refractivity contribution in [3.63, 3.8) is 0 Å². The minimum atomic E-state index is 0.561. The summed E-state index contributed by atoms with van der Waals surface area (Å²) >= 11 is 5.54. The van der Waals surface area contributed by atoms with Crippen molar-refractivity contribution in [3.8, 4) is 0 Å². The Morgan fingerprint density at radius 2 is 2.17 bits per heavy atom. The minimum absolute atomic E-state index is 0.561. The molecular weight excluding hydrogens is 306 g/mol.